The average Bonchev–Trinajstić information content (AvgIpc) is 3.30. The van der Waals surface area contributed by atoms with Gasteiger partial charge in [-0.15, -0.1) is 5.10 Å². The number of anilines is 1. The minimum absolute atomic E-state index is 0.0369. The second-order valence-corrected chi connectivity index (χ2v) is 7.30. The van der Waals surface area contributed by atoms with Crippen molar-refractivity contribution in [1.29, 1.82) is 0 Å². The molecule has 1 aromatic carbocycles. The SMILES string of the molecule is CC(C)[C@H](Sc1n[nH]c(=O)n1C1CC1)C(=O)Nc1ccc(F)cc1. The molecule has 8 heteroatoms. The third-order valence-electron chi connectivity index (χ3n) is 3.79. The normalized spacial score (nSPS) is 15.5. The van der Waals surface area contributed by atoms with Crippen molar-refractivity contribution in [1.82, 2.24) is 14.8 Å². The quantitative estimate of drug-likeness (QED) is 0.785. The zero-order valence-corrected chi connectivity index (χ0v) is 14.3. The summed E-state index contributed by atoms with van der Waals surface area (Å²) in [7, 11) is 0. The van der Waals surface area contributed by atoms with Crippen LogP contribution in [0.15, 0.2) is 34.2 Å². The summed E-state index contributed by atoms with van der Waals surface area (Å²) in [6.07, 6.45) is 1.92. The number of carbonyl (C=O) groups excluding carboxylic acids is 1. The fourth-order valence-corrected chi connectivity index (χ4v) is 3.49. The number of amides is 1. The highest BCUT2D eigenvalue weighted by Crippen LogP contribution is 2.37. The van der Waals surface area contributed by atoms with Crippen LogP contribution < -0.4 is 11.0 Å². The topological polar surface area (TPSA) is 79.8 Å². The van der Waals surface area contributed by atoms with Crippen molar-refractivity contribution in [2.75, 3.05) is 5.32 Å². The van der Waals surface area contributed by atoms with Gasteiger partial charge < -0.3 is 5.32 Å². The zero-order chi connectivity index (χ0) is 17.3. The maximum atomic E-state index is 13.0. The molecular weight excluding hydrogens is 331 g/mol. The first kappa shape index (κ1) is 16.8. The lowest BCUT2D eigenvalue weighted by Gasteiger charge is -2.19. The van der Waals surface area contributed by atoms with Crippen molar-refractivity contribution in [2.45, 2.75) is 43.1 Å². The number of rotatable bonds is 6. The Morgan fingerprint density at radius 3 is 2.62 bits per heavy atom. The Hall–Kier alpha value is -2.09. The summed E-state index contributed by atoms with van der Waals surface area (Å²) in [5.41, 5.74) is 0.302. The van der Waals surface area contributed by atoms with E-state index in [1.807, 2.05) is 13.8 Å². The lowest BCUT2D eigenvalue weighted by Crippen LogP contribution is -2.30. The second kappa shape index (κ2) is 6.80. The number of thioether (sulfide) groups is 1. The molecule has 0 aliphatic heterocycles. The van der Waals surface area contributed by atoms with E-state index in [-0.39, 0.29) is 29.4 Å². The lowest BCUT2D eigenvalue weighted by atomic mass is 10.1. The van der Waals surface area contributed by atoms with Crippen molar-refractivity contribution in [2.24, 2.45) is 5.92 Å². The minimum atomic E-state index is -0.414. The zero-order valence-electron chi connectivity index (χ0n) is 13.5. The Balaban J connectivity index is 1.76. The van der Waals surface area contributed by atoms with Gasteiger partial charge in [-0.1, -0.05) is 25.6 Å². The van der Waals surface area contributed by atoms with E-state index < -0.39 is 5.25 Å². The molecule has 1 heterocycles. The summed E-state index contributed by atoms with van der Waals surface area (Å²) < 4.78 is 14.6. The van der Waals surface area contributed by atoms with Crippen LogP contribution in [0.25, 0.3) is 0 Å². The van der Waals surface area contributed by atoms with Gasteiger partial charge >= 0.3 is 5.69 Å². The van der Waals surface area contributed by atoms with E-state index in [1.54, 1.807) is 4.57 Å². The van der Waals surface area contributed by atoms with Crippen molar-refractivity contribution < 1.29 is 9.18 Å². The number of carbonyl (C=O) groups is 1. The second-order valence-electron chi connectivity index (χ2n) is 6.19. The first-order valence-corrected chi connectivity index (χ1v) is 8.73. The highest BCUT2D eigenvalue weighted by Gasteiger charge is 2.32. The fraction of sp³-hybridized carbons (Fsp3) is 0.438. The van der Waals surface area contributed by atoms with E-state index >= 15 is 0 Å². The van der Waals surface area contributed by atoms with Crippen LogP contribution in [0.3, 0.4) is 0 Å². The van der Waals surface area contributed by atoms with Gasteiger partial charge in [-0.3, -0.25) is 9.36 Å². The molecule has 0 saturated heterocycles. The number of aromatic amines is 1. The van der Waals surface area contributed by atoms with Crippen molar-refractivity contribution in [3.63, 3.8) is 0 Å². The molecule has 2 N–H and O–H groups in total. The van der Waals surface area contributed by atoms with Crippen LogP contribution in [0, 0.1) is 11.7 Å². The Labute approximate surface area is 142 Å². The molecule has 1 fully saturated rings. The van der Waals surface area contributed by atoms with Gasteiger partial charge in [0.05, 0.1) is 5.25 Å². The van der Waals surface area contributed by atoms with Crippen LogP contribution in [0.1, 0.15) is 32.7 Å². The van der Waals surface area contributed by atoms with Crippen molar-refractivity contribution >= 4 is 23.4 Å². The number of aromatic nitrogens is 3. The maximum absolute atomic E-state index is 13.0. The lowest BCUT2D eigenvalue weighted by molar-refractivity contribution is -0.116. The molecule has 6 nitrogen and oxygen atoms in total. The summed E-state index contributed by atoms with van der Waals surface area (Å²) in [6, 6.07) is 5.82. The number of nitrogens with one attached hydrogen (secondary N) is 2. The Kier molecular flexibility index (Phi) is 4.75. The summed E-state index contributed by atoms with van der Waals surface area (Å²) in [5.74, 6) is -0.512. The van der Waals surface area contributed by atoms with Gasteiger partial charge in [-0.05, 0) is 43.0 Å². The van der Waals surface area contributed by atoms with Crippen molar-refractivity contribution in [3.8, 4) is 0 Å². The molecule has 128 valence electrons. The van der Waals surface area contributed by atoms with Gasteiger partial charge in [0.1, 0.15) is 5.82 Å². The van der Waals surface area contributed by atoms with Crippen LogP contribution in [0.5, 0.6) is 0 Å². The van der Waals surface area contributed by atoms with Crippen LogP contribution in [0.4, 0.5) is 10.1 Å². The first-order valence-electron chi connectivity index (χ1n) is 7.85. The highest BCUT2D eigenvalue weighted by molar-refractivity contribution is 8.00. The van der Waals surface area contributed by atoms with E-state index in [1.165, 1.54) is 36.0 Å². The van der Waals surface area contributed by atoms with Crippen LogP contribution in [-0.4, -0.2) is 25.9 Å². The van der Waals surface area contributed by atoms with E-state index in [0.717, 1.165) is 12.8 Å². The Morgan fingerprint density at radius 1 is 1.38 bits per heavy atom. The van der Waals surface area contributed by atoms with E-state index in [9.17, 15) is 14.0 Å². The van der Waals surface area contributed by atoms with E-state index in [0.29, 0.717) is 10.8 Å². The molecule has 1 aromatic heterocycles. The molecule has 1 amide bonds. The molecule has 1 aliphatic carbocycles. The standard InChI is InChI=1S/C16H19FN4O2S/c1-9(2)13(14(22)18-11-5-3-10(17)4-6-11)24-16-20-19-15(23)21(16)12-7-8-12/h3-6,9,12-13H,7-8H2,1-2H3,(H,18,22)(H,19,23)/t13-/m0/s1. The summed E-state index contributed by atoms with van der Waals surface area (Å²) in [5, 5.41) is 9.43. The van der Waals surface area contributed by atoms with E-state index in [2.05, 4.69) is 15.5 Å². The molecule has 2 aromatic rings. The third-order valence-corrected chi connectivity index (χ3v) is 5.30. The van der Waals surface area contributed by atoms with Gasteiger partial charge in [0, 0.05) is 11.7 Å². The molecule has 0 unspecified atom stereocenters. The largest absolute Gasteiger partial charge is 0.344 e. The smallest absolute Gasteiger partial charge is 0.325 e. The molecule has 1 aliphatic rings. The molecule has 1 atom stereocenters. The number of nitrogens with zero attached hydrogens (tertiary/aromatic N) is 2. The molecule has 1 saturated carbocycles. The average molecular weight is 350 g/mol. The van der Waals surface area contributed by atoms with Gasteiger partial charge in [-0.25, -0.2) is 14.3 Å². The van der Waals surface area contributed by atoms with Gasteiger partial charge in [-0.2, -0.15) is 0 Å². The molecule has 0 bridgehead atoms. The van der Waals surface area contributed by atoms with Crippen LogP contribution in [-0.2, 0) is 4.79 Å². The third kappa shape index (κ3) is 3.69. The Morgan fingerprint density at radius 2 is 2.04 bits per heavy atom. The van der Waals surface area contributed by atoms with E-state index in [4.69, 9.17) is 0 Å². The maximum Gasteiger partial charge on any atom is 0.344 e. The molecule has 0 spiro atoms. The first-order chi connectivity index (χ1) is 11.5. The monoisotopic (exact) mass is 350 g/mol. The number of hydrogen-bond acceptors (Lipinski definition) is 4. The van der Waals surface area contributed by atoms with Crippen LogP contribution in [0.2, 0.25) is 0 Å². The van der Waals surface area contributed by atoms with Gasteiger partial charge in [0.2, 0.25) is 5.91 Å². The molecular formula is C16H19FN4O2S. The Bertz CT molecular complexity index is 780. The minimum Gasteiger partial charge on any atom is -0.325 e. The summed E-state index contributed by atoms with van der Waals surface area (Å²) in [6.45, 7) is 3.88. The van der Waals surface area contributed by atoms with Gasteiger partial charge in [0.25, 0.3) is 0 Å². The predicted octanol–water partition coefficient (Wildman–Crippen LogP) is 2.80. The molecule has 0 radical (unpaired) electrons. The van der Waals surface area contributed by atoms with Gasteiger partial charge in [0.15, 0.2) is 5.16 Å². The number of hydrogen-bond donors (Lipinski definition) is 2. The van der Waals surface area contributed by atoms with Crippen LogP contribution >= 0.6 is 11.8 Å². The predicted molar refractivity (Wildman–Crippen MR) is 90.6 cm³/mol. The number of benzene rings is 1. The number of H-pyrrole nitrogens is 1. The summed E-state index contributed by atoms with van der Waals surface area (Å²) >= 11 is 1.28. The summed E-state index contributed by atoms with van der Waals surface area (Å²) in [4.78, 5) is 24.5. The molecule has 24 heavy (non-hydrogen) atoms. The van der Waals surface area contributed by atoms with Crippen molar-refractivity contribution in [3.05, 3.63) is 40.6 Å². The fourth-order valence-electron chi connectivity index (χ4n) is 2.38. The molecule has 3 rings (SSSR count). The number of halogens is 1. The highest BCUT2D eigenvalue weighted by atomic mass is 32.2.